The Kier molecular flexibility index (Phi) is 4.27. The van der Waals surface area contributed by atoms with Crippen molar-refractivity contribution in [2.45, 2.75) is 52.4 Å². The molecule has 0 radical (unpaired) electrons. The minimum atomic E-state index is -0.669. The van der Waals surface area contributed by atoms with E-state index in [-0.39, 0.29) is 11.7 Å². The Labute approximate surface area is 128 Å². The normalized spacial score (nSPS) is 23.8. The van der Waals surface area contributed by atoms with Gasteiger partial charge in [0.25, 0.3) is 0 Å². The molecule has 116 valence electrons. The maximum absolute atomic E-state index is 12.5. The van der Waals surface area contributed by atoms with Crippen molar-refractivity contribution in [2.24, 2.45) is 5.92 Å². The summed E-state index contributed by atoms with van der Waals surface area (Å²) < 4.78 is 5.96. The minimum Gasteiger partial charge on any atom is -0.361 e. The average Bonchev–Trinajstić information content (AvgIpc) is 2.50. The maximum atomic E-state index is 12.5. The van der Waals surface area contributed by atoms with Crippen LogP contribution in [0.2, 0.25) is 0 Å². The molecule has 0 bridgehead atoms. The van der Waals surface area contributed by atoms with Crippen LogP contribution in [0.15, 0.2) is 24.3 Å². The number of carbonyl (C=O) groups is 1. The second-order valence-corrected chi connectivity index (χ2v) is 7.26. The van der Waals surface area contributed by atoms with Crippen LogP contribution in [0.25, 0.3) is 0 Å². The monoisotopic (exact) mass is 289 g/mol. The van der Waals surface area contributed by atoms with Gasteiger partial charge in [0.2, 0.25) is 0 Å². The first-order valence-electron chi connectivity index (χ1n) is 7.61. The second-order valence-electron chi connectivity index (χ2n) is 7.26. The van der Waals surface area contributed by atoms with E-state index in [1.54, 1.807) is 0 Å². The topological polar surface area (TPSA) is 29.5 Å². The van der Waals surface area contributed by atoms with E-state index in [1.165, 1.54) is 11.1 Å². The molecule has 3 heteroatoms. The summed E-state index contributed by atoms with van der Waals surface area (Å²) in [5.74, 6) is 0.130. The number of Topliss-reactive ketones (excluding diaryl/α,β-unsaturated/α-hetero) is 1. The molecule has 2 rings (SSSR count). The van der Waals surface area contributed by atoms with Crippen molar-refractivity contribution in [2.75, 3.05) is 13.6 Å². The lowest BCUT2D eigenvalue weighted by molar-refractivity contribution is -0.132. The number of hydrogen-bond acceptors (Lipinski definition) is 3. The number of carbonyl (C=O) groups excluding carboxylic acids is 1. The summed E-state index contributed by atoms with van der Waals surface area (Å²) in [5.41, 5.74) is 1.53. The predicted molar refractivity (Wildman–Crippen MR) is 85.3 cm³/mol. The fourth-order valence-electron chi connectivity index (χ4n) is 3.27. The van der Waals surface area contributed by atoms with Gasteiger partial charge in [-0.3, -0.25) is 4.79 Å². The van der Waals surface area contributed by atoms with Crippen LogP contribution in [0.3, 0.4) is 0 Å². The molecule has 0 N–H and O–H groups in total. The minimum absolute atomic E-state index is 0.0819. The van der Waals surface area contributed by atoms with E-state index in [0.717, 1.165) is 13.1 Å². The number of aryl methyl sites for hydroxylation is 1. The van der Waals surface area contributed by atoms with Crippen LogP contribution in [-0.4, -0.2) is 35.5 Å². The summed E-state index contributed by atoms with van der Waals surface area (Å²) in [6, 6.07) is 8.39. The highest BCUT2D eigenvalue weighted by molar-refractivity contribution is 5.91. The third kappa shape index (κ3) is 3.35. The second kappa shape index (κ2) is 5.54. The quantitative estimate of drug-likeness (QED) is 0.852. The van der Waals surface area contributed by atoms with Crippen LogP contribution in [0, 0.1) is 12.8 Å². The fraction of sp³-hybridized carbons (Fsp3) is 0.611. The molecule has 0 aromatic heterocycles. The largest absolute Gasteiger partial charge is 0.361 e. The van der Waals surface area contributed by atoms with Crippen molar-refractivity contribution in [3.05, 3.63) is 35.4 Å². The van der Waals surface area contributed by atoms with Gasteiger partial charge in [-0.15, -0.1) is 0 Å². The first-order valence-corrected chi connectivity index (χ1v) is 7.61. The molecule has 1 aliphatic heterocycles. The smallest absolute Gasteiger partial charge is 0.171 e. The number of rotatable bonds is 4. The molecule has 1 atom stereocenters. The lowest BCUT2D eigenvalue weighted by atomic mass is 9.85. The molecule has 1 aliphatic rings. The van der Waals surface area contributed by atoms with E-state index in [4.69, 9.17) is 4.74 Å². The van der Waals surface area contributed by atoms with Crippen LogP contribution in [-0.2, 0) is 16.1 Å². The van der Waals surface area contributed by atoms with E-state index in [9.17, 15) is 4.79 Å². The Hall–Kier alpha value is -1.19. The fourth-order valence-corrected chi connectivity index (χ4v) is 3.27. The van der Waals surface area contributed by atoms with Crippen molar-refractivity contribution in [1.82, 2.24) is 4.90 Å². The summed E-state index contributed by atoms with van der Waals surface area (Å²) in [4.78, 5) is 14.8. The van der Waals surface area contributed by atoms with Gasteiger partial charge in [0.1, 0.15) is 5.60 Å². The van der Waals surface area contributed by atoms with Gasteiger partial charge in [-0.25, -0.2) is 0 Å². The van der Waals surface area contributed by atoms with Crippen LogP contribution in [0.4, 0.5) is 0 Å². The van der Waals surface area contributed by atoms with Crippen molar-refractivity contribution in [1.29, 1.82) is 0 Å². The number of benzene rings is 1. The van der Waals surface area contributed by atoms with E-state index < -0.39 is 11.2 Å². The maximum Gasteiger partial charge on any atom is 0.171 e. The molecule has 1 fully saturated rings. The molecule has 0 spiro atoms. The zero-order valence-electron chi connectivity index (χ0n) is 14.1. The van der Waals surface area contributed by atoms with Crippen LogP contribution < -0.4 is 0 Å². The number of nitrogens with zero attached hydrogens (tertiary/aromatic N) is 1. The van der Waals surface area contributed by atoms with Crippen molar-refractivity contribution in [3.8, 4) is 0 Å². The molecular formula is C18H27NO2. The Bertz CT molecular complexity index is 534. The molecule has 3 nitrogen and oxygen atoms in total. The van der Waals surface area contributed by atoms with Crippen LogP contribution in [0.5, 0.6) is 0 Å². The highest BCUT2D eigenvalue weighted by atomic mass is 16.5. The van der Waals surface area contributed by atoms with Gasteiger partial charge < -0.3 is 9.64 Å². The van der Waals surface area contributed by atoms with Gasteiger partial charge >= 0.3 is 0 Å². The molecule has 1 aromatic carbocycles. The molecular weight excluding hydrogens is 262 g/mol. The summed E-state index contributed by atoms with van der Waals surface area (Å²) in [5, 5.41) is 0. The van der Waals surface area contributed by atoms with Gasteiger partial charge in [-0.05, 0) is 52.8 Å². The average molecular weight is 289 g/mol. The number of ketones is 1. The third-order valence-electron chi connectivity index (χ3n) is 4.46. The Morgan fingerprint density at radius 3 is 2.33 bits per heavy atom. The first-order chi connectivity index (χ1) is 9.63. The van der Waals surface area contributed by atoms with Gasteiger partial charge in [-0.1, -0.05) is 24.3 Å². The zero-order valence-corrected chi connectivity index (χ0v) is 14.1. The van der Waals surface area contributed by atoms with E-state index in [0.29, 0.717) is 0 Å². The van der Waals surface area contributed by atoms with E-state index >= 15 is 0 Å². The molecule has 0 amide bonds. The van der Waals surface area contributed by atoms with Crippen molar-refractivity contribution in [3.63, 3.8) is 0 Å². The standard InChI is InChI=1S/C18H27NO2/c1-13-9-7-8-10-14(13)11-19(6)12-15-16(20)18(4,5)21-17(15,2)3/h7-10,15H,11-12H2,1-6H3. The summed E-state index contributed by atoms with van der Waals surface area (Å²) in [6.07, 6.45) is 0. The van der Waals surface area contributed by atoms with Crippen molar-refractivity contribution < 1.29 is 9.53 Å². The van der Waals surface area contributed by atoms with E-state index in [2.05, 4.69) is 43.1 Å². The highest BCUT2D eigenvalue weighted by Crippen LogP contribution is 2.39. The summed E-state index contributed by atoms with van der Waals surface area (Å²) in [6.45, 7) is 11.5. The van der Waals surface area contributed by atoms with Gasteiger partial charge in [0.15, 0.2) is 5.78 Å². The van der Waals surface area contributed by atoms with Gasteiger partial charge in [0, 0.05) is 13.1 Å². The SMILES string of the molecule is Cc1ccccc1CN(C)CC1C(=O)C(C)(C)OC1(C)C. The Morgan fingerprint density at radius 1 is 1.19 bits per heavy atom. The Morgan fingerprint density at radius 2 is 1.81 bits per heavy atom. The lowest BCUT2D eigenvalue weighted by Gasteiger charge is -2.29. The van der Waals surface area contributed by atoms with Crippen molar-refractivity contribution >= 4 is 5.78 Å². The van der Waals surface area contributed by atoms with Gasteiger partial charge in [0.05, 0.1) is 11.5 Å². The number of ether oxygens (including phenoxy) is 1. The van der Waals surface area contributed by atoms with Crippen LogP contribution >= 0.6 is 0 Å². The van der Waals surface area contributed by atoms with Gasteiger partial charge in [-0.2, -0.15) is 0 Å². The third-order valence-corrected chi connectivity index (χ3v) is 4.46. The lowest BCUT2D eigenvalue weighted by Crippen LogP contribution is -2.39. The first kappa shape index (κ1) is 16.2. The summed E-state index contributed by atoms with van der Waals surface area (Å²) >= 11 is 0. The molecule has 1 unspecified atom stereocenters. The molecule has 1 saturated heterocycles. The Balaban J connectivity index is 2.08. The number of hydrogen-bond donors (Lipinski definition) is 0. The molecule has 1 heterocycles. The molecule has 1 aromatic rings. The highest BCUT2D eigenvalue weighted by Gasteiger charge is 2.53. The zero-order chi connectivity index (χ0) is 15.8. The van der Waals surface area contributed by atoms with E-state index in [1.807, 2.05) is 27.7 Å². The molecule has 0 saturated carbocycles. The predicted octanol–water partition coefficient (Wildman–Crippen LogP) is 3.20. The molecule has 0 aliphatic carbocycles. The summed E-state index contributed by atoms with van der Waals surface area (Å²) in [7, 11) is 2.07. The van der Waals surface area contributed by atoms with Crippen LogP contribution in [0.1, 0.15) is 38.8 Å². The molecule has 21 heavy (non-hydrogen) atoms.